The van der Waals surface area contributed by atoms with Crippen LogP contribution in [0.3, 0.4) is 0 Å². The molecule has 2 aromatic rings. The van der Waals surface area contributed by atoms with Gasteiger partial charge in [0.15, 0.2) is 0 Å². The fourth-order valence-electron chi connectivity index (χ4n) is 3.30. The Hall–Kier alpha value is -1.58. The molecule has 2 N–H and O–H groups in total. The Morgan fingerprint density at radius 3 is 2.48 bits per heavy atom. The van der Waals surface area contributed by atoms with Gasteiger partial charge in [0.2, 0.25) is 0 Å². The van der Waals surface area contributed by atoms with Crippen LogP contribution in [0.5, 0.6) is 5.75 Å². The van der Waals surface area contributed by atoms with Crippen LogP contribution in [0.4, 0.5) is 0 Å². The van der Waals surface area contributed by atoms with E-state index < -0.39 is 0 Å². The molecule has 0 aromatic heterocycles. The molecule has 1 unspecified atom stereocenters. The first-order chi connectivity index (χ1) is 10.3. The minimum absolute atomic E-state index is 0.344. The fourth-order valence-corrected chi connectivity index (χ4v) is 3.30. The van der Waals surface area contributed by atoms with Gasteiger partial charge in [0.25, 0.3) is 0 Å². The van der Waals surface area contributed by atoms with Gasteiger partial charge in [-0.2, -0.15) is 0 Å². The molecule has 3 heteroatoms. The number of nitrogens with two attached hydrogens (primary N) is 1. The molecule has 112 valence electrons. The molecule has 1 fully saturated rings. The van der Waals surface area contributed by atoms with Crippen LogP contribution in [0.15, 0.2) is 36.4 Å². The summed E-state index contributed by atoms with van der Waals surface area (Å²) in [7, 11) is 1.70. The van der Waals surface area contributed by atoms with Gasteiger partial charge in [-0.1, -0.05) is 24.6 Å². The number of fused-ring (bicyclic) bond motifs is 1. The molecule has 2 aromatic carbocycles. The number of methoxy groups -OCH3 is 1. The van der Waals surface area contributed by atoms with Crippen LogP contribution in [0.2, 0.25) is 0 Å². The number of benzene rings is 2. The average molecular weight is 284 g/mol. The predicted molar refractivity (Wildman–Crippen MR) is 87.7 cm³/mol. The third-order valence-corrected chi connectivity index (χ3v) is 4.51. The minimum Gasteiger partial charge on any atom is -0.497 e. The third-order valence-electron chi connectivity index (χ3n) is 4.51. The zero-order chi connectivity index (χ0) is 14.7. The van der Waals surface area contributed by atoms with E-state index in [1.165, 1.54) is 48.7 Å². The summed E-state index contributed by atoms with van der Waals surface area (Å²) in [4.78, 5) is 2.54. The largest absolute Gasteiger partial charge is 0.497 e. The first kappa shape index (κ1) is 14.4. The van der Waals surface area contributed by atoms with Crippen molar-refractivity contribution in [3.05, 3.63) is 42.0 Å². The quantitative estimate of drug-likeness (QED) is 0.936. The normalized spacial score (nSPS) is 17.8. The molecule has 0 aliphatic carbocycles. The van der Waals surface area contributed by atoms with Crippen molar-refractivity contribution < 1.29 is 4.74 Å². The lowest BCUT2D eigenvalue weighted by molar-refractivity contribution is 0.167. The lowest BCUT2D eigenvalue weighted by atomic mass is 9.98. The Bertz CT molecular complexity index is 605. The molecule has 1 aliphatic heterocycles. The molecular formula is C18H24N2O. The fraction of sp³-hybridized carbons (Fsp3) is 0.444. The summed E-state index contributed by atoms with van der Waals surface area (Å²) in [6, 6.07) is 13.2. The van der Waals surface area contributed by atoms with E-state index in [4.69, 9.17) is 10.5 Å². The molecule has 0 radical (unpaired) electrons. The van der Waals surface area contributed by atoms with Crippen molar-refractivity contribution in [2.24, 2.45) is 5.73 Å². The summed E-state index contributed by atoms with van der Waals surface area (Å²) < 4.78 is 5.29. The van der Waals surface area contributed by atoms with E-state index in [0.717, 1.165) is 5.75 Å². The molecular weight excluding hydrogens is 260 g/mol. The summed E-state index contributed by atoms with van der Waals surface area (Å²) >= 11 is 0. The van der Waals surface area contributed by atoms with Gasteiger partial charge < -0.3 is 10.5 Å². The van der Waals surface area contributed by atoms with Gasteiger partial charge in [-0.3, -0.25) is 4.90 Å². The topological polar surface area (TPSA) is 38.5 Å². The van der Waals surface area contributed by atoms with E-state index in [2.05, 4.69) is 35.2 Å². The van der Waals surface area contributed by atoms with Crippen LogP contribution in [-0.4, -0.2) is 31.6 Å². The predicted octanol–water partition coefficient (Wildman–Crippen LogP) is 3.33. The van der Waals surface area contributed by atoms with Gasteiger partial charge in [-0.25, -0.2) is 0 Å². The first-order valence-corrected chi connectivity index (χ1v) is 7.83. The van der Waals surface area contributed by atoms with Crippen molar-refractivity contribution in [3.63, 3.8) is 0 Å². The Kier molecular flexibility index (Phi) is 4.42. The van der Waals surface area contributed by atoms with Crippen LogP contribution in [0, 0.1) is 0 Å². The highest BCUT2D eigenvalue weighted by Gasteiger charge is 2.21. The Morgan fingerprint density at radius 2 is 1.76 bits per heavy atom. The molecule has 1 heterocycles. The zero-order valence-corrected chi connectivity index (χ0v) is 12.7. The summed E-state index contributed by atoms with van der Waals surface area (Å²) in [6.45, 7) is 3.02. The zero-order valence-electron chi connectivity index (χ0n) is 12.7. The molecule has 0 amide bonds. The van der Waals surface area contributed by atoms with Crippen molar-refractivity contribution in [2.75, 3.05) is 26.7 Å². The van der Waals surface area contributed by atoms with Crippen LogP contribution in [0.25, 0.3) is 10.8 Å². The summed E-state index contributed by atoms with van der Waals surface area (Å²) in [5, 5.41) is 2.47. The van der Waals surface area contributed by atoms with Crippen LogP contribution in [-0.2, 0) is 0 Å². The Labute approximate surface area is 126 Å². The van der Waals surface area contributed by atoms with Gasteiger partial charge in [-0.05, 0) is 60.5 Å². The van der Waals surface area contributed by atoms with Crippen LogP contribution < -0.4 is 10.5 Å². The van der Waals surface area contributed by atoms with Crippen LogP contribution >= 0.6 is 0 Å². The van der Waals surface area contributed by atoms with Gasteiger partial charge >= 0.3 is 0 Å². The maximum Gasteiger partial charge on any atom is 0.119 e. The summed E-state index contributed by atoms with van der Waals surface area (Å²) in [6.07, 6.45) is 3.94. The second kappa shape index (κ2) is 6.46. The first-order valence-electron chi connectivity index (χ1n) is 7.83. The second-order valence-electron chi connectivity index (χ2n) is 5.82. The van der Waals surface area contributed by atoms with Gasteiger partial charge in [0, 0.05) is 12.6 Å². The molecule has 1 atom stereocenters. The number of hydrogen-bond acceptors (Lipinski definition) is 3. The number of rotatable bonds is 4. The van der Waals surface area contributed by atoms with Crippen LogP contribution in [0.1, 0.15) is 30.9 Å². The molecule has 3 rings (SSSR count). The number of ether oxygens (including phenoxy) is 1. The van der Waals surface area contributed by atoms with Gasteiger partial charge in [0.1, 0.15) is 5.75 Å². The van der Waals surface area contributed by atoms with Crippen molar-refractivity contribution in [1.29, 1.82) is 0 Å². The van der Waals surface area contributed by atoms with Crippen molar-refractivity contribution in [2.45, 2.75) is 25.3 Å². The van der Waals surface area contributed by atoms with Crippen molar-refractivity contribution in [3.8, 4) is 5.75 Å². The van der Waals surface area contributed by atoms with E-state index in [0.29, 0.717) is 12.6 Å². The molecule has 21 heavy (non-hydrogen) atoms. The SMILES string of the molecule is COc1ccc2cc(C(CN)N3CCCCC3)ccc2c1. The molecule has 0 saturated carbocycles. The highest BCUT2D eigenvalue weighted by molar-refractivity contribution is 5.84. The summed E-state index contributed by atoms with van der Waals surface area (Å²) in [5.74, 6) is 0.904. The average Bonchev–Trinajstić information content (AvgIpc) is 2.56. The summed E-state index contributed by atoms with van der Waals surface area (Å²) in [5.41, 5.74) is 7.39. The standard InChI is InChI=1S/C18H24N2O/c1-21-17-8-7-14-11-16(6-5-15(14)12-17)18(13-19)20-9-3-2-4-10-20/h5-8,11-12,18H,2-4,9-10,13,19H2,1H3. The number of piperidine rings is 1. The van der Waals surface area contributed by atoms with Crippen molar-refractivity contribution >= 4 is 10.8 Å². The van der Waals surface area contributed by atoms with Gasteiger partial charge in [0.05, 0.1) is 7.11 Å². The highest BCUT2D eigenvalue weighted by Crippen LogP contribution is 2.28. The van der Waals surface area contributed by atoms with E-state index in [9.17, 15) is 0 Å². The maximum atomic E-state index is 6.06. The van der Waals surface area contributed by atoms with E-state index in [1.807, 2.05) is 6.07 Å². The maximum absolute atomic E-state index is 6.06. The second-order valence-corrected chi connectivity index (χ2v) is 5.82. The lowest BCUT2D eigenvalue weighted by Gasteiger charge is -2.34. The molecule has 0 spiro atoms. The number of likely N-dealkylation sites (tertiary alicyclic amines) is 1. The molecule has 1 aliphatic rings. The monoisotopic (exact) mass is 284 g/mol. The molecule has 3 nitrogen and oxygen atoms in total. The van der Waals surface area contributed by atoms with E-state index in [1.54, 1.807) is 7.11 Å². The van der Waals surface area contributed by atoms with E-state index >= 15 is 0 Å². The minimum atomic E-state index is 0.344. The van der Waals surface area contributed by atoms with Crippen molar-refractivity contribution in [1.82, 2.24) is 4.90 Å². The smallest absolute Gasteiger partial charge is 0.119 e. The molecule has 0 bridgehead atoms. The number of nitrogens with zero attached hydrogens (tertiary/aromatic N) is 1. The number of hydrogen-bond donors (Lipinski definition) is 1. The lowest BCUT2D eigenvalue weighted by Crippen LogP contribution is -2.37. The Morgan fingerprint density at radius 1 is 1.05 bits per heavy atom. The third kappa shape index (κ3) is 3.04. The Balaban J connectivity index is 1.91. The van der Waals surface area contributed by atoms with Gasteiger partial charge in [-0.15, -0.1) is 0 Å². The van der Waals surface area contributed by atoms with E-state index in [-0.39, 0.29) is 0 Å². The highest BCUT2D eigenvalue weighted by atomic mass is 16.5. The molecule has 1 saturated heterocycles.